The number of ether oxygens (including phenoxy) is 1. The standard InChI is InChI=1S/C16H25NO/c1-16(2,3)13-5-4-6-14(10-13)18-15-8-7-12(9-15)11-17/h4-6,10,12,15H,7-9,11,17H2,1-3H3. The molecule has 2 unspecified atom stereocenters. The topological polar surface area (TPSA) is 35.2 Å². The van der Waals surface area contributed by atoms with Gasteiger partial charge in [-0.2, -0.15) is 0 Å². The molecule has 1 aliphatic carbocycles. The average Bonchev–Trinajstić information content (AvgIpc) is 2.76. The Labute approximate surface area is 111 Å². The molecule has 1 aliphatic rings. The smallest absolute Gasteiger partial charge is 0.120 e. The third-order valence-electron chi connectivity index (χ3n) is 3.83. The van der Waals surface area contributed by atoms with Crippen LogP contribution in [0.3, 0.4) is 0 Å². The summed E-state index contributed by atoms with van der Waals surface area (Å²) >= 11 is 0. The molecule has 2 nitrogen and oxygen atoms in total. The Morgan fingerprint density at radius 1 is 1.28 bits per heavy atom. The minimum Gasteiger partial charge on any atom is -0.490 e. The van der Waals surface area contributed by atoms with Crippen LogP contribution in [0.25, 0.3) is 0 Å². The molecule has 0 spiro atoms. The van der Waals surface area contributed by atoms with Crippen molar-refractivity contribution >= 4 is 0 Å². The Bertz CT molecular complexity index is 394. The van der Waals surface area contributed by atoms with Gasteiger partial charge in [0.15, 0.2) is 0 Å². The van der Waals surface area contributed by atoms with Crippen LogP contribution in [0.15, 0.2) is 24.3 Å². The van der Waals surface area contributed by atoms with Crippen LogP contribution in [0.2, 0.25) is 0 Å². The summed E-state index contributed by atoms with van der Waals surface area (Å²) in [6.45, 7) is 7.48. The van der Waals surface area contributed by atoms with Crippen LogP contribution in [-0.4, -0.2) is 12.6 Å². The normalized spacial score (nSPS) is 24.2. The largest absolute Gasteiger partial charge is 0.490 e. The Kier molecular flexibility index (Phi) is 3.96. The highest BCUT2D eigenvalue weighted by atomic mass is 16.5. The Balaban J connectivity index is 2.02. The van der Waals surface area contributed by atoms with E-state index in [1.54, 1.807) is 0 Å². The first-order valence-electron chi connectivity index (χ1n) is 6.96. The molecule has 1 aromatic carbocycles. The maximum absolute atomic E-state index is 6.09. The molecule has 0 saturated heterocycles. The summed E-state index contributed by atoms with van der Waals surface area (Å²) < 4.78 is 6.09. The summed E-state index contributed by atoms with van der Waals surface area (Å²) in [5.41, 5.74) is 7.22. The molecule has 2 heteroatoms. The summed E-state index contributed by atoms with van der Waals surface area (Å²) in [5.74, 6) is 1.66. The van der Waals surface area contributed by atoms with Crippen LogP contribution >= 0.6 is 0 Å². The van der Waals surface area contributed by atoms with Gasteiger partial charge in [0.25, 0.3) is 0 Å². The zero-order chi connectivity index (χ0) is 13.2. The molecule has 0 amide bonds. The first-order chi connectivity index (χ1) is 8.49. The molecule has 2 N–H and O–H groups in total. The summed E-state index contributed by atoms with van der Waals surface area (Å²) in [6.07, 6.45) is 3.81. The minimum atomic E-state index is 0.175. The molecule has 2 rings (SSSR count). The van der Waals surface area contributed by atoms with Crippen LogP contribution < -0.4 is 10.5 Å². The van der Waals surface area contributed by atoms with Gasteiger partial charge in [-0.25, -0.2) is 0 Å². The van der Waals surface area contributed by atoms with Crippen molar-refractivity contribution in [3.05, 3.63) is 29.8 Å². The van der Waals surface area contributed by atoms with Crippen molar-refractivity contribution in [2.75, 3.05) is 6.54 Å². The first kappa shape index (κ1) is 13.4. The first-order valence-corrected chi connectivity index (χ1v) is 6.96. The second-order valence-electron chi connectivity index (χ2n) is 6.43. The molecule has 1 aromatic rings. The average molecular weight is 247 g/mol. The van der Waals surface area contributed by atoms with Gasteiger partial charge in [-0.1, -0.05) is 32.9 Å². The second-order valence-corrected chi connectivity index (χ2v) is 6.43. The van der Waals surface area contributed by atoms with Crippen LogP contribution in [0.5, 0.6) is 5.75 Å². The van der Waals surface area contributed by atoms with Gasteiger partial charge in [-0.3, -0.25) is 0 Å². The number of rotatable bonds is 3. The van der Waals surface area contributed by atoms with Crippen molar-refractivity contribution in [1.82, 2.24) is 0 Å². The molecule has 100 valence electrons. The van der Waals surface area contributed by atoms with Gasteiger partial charge in [0.2, 0.25) is 0 Å². The fourth-order valence-corrected chi connectivity index (χ4v) is 2.58. The van der Waals surface area contributed by atoms with Crippen molar-refractivity contribution in [1.29, 1.82) is 0 Å². The number of hydrogen-bond acceptors (Lipinski definition) is 2. The fraction of sp³-hybridized carbons (Fsp3) is 0.625. The van der Waals surface area contributed by atoms with E-state index in [4.69, 9.17) is 10.5 Å². The van der Waals surface area contributed by atoms with Crippen molar-refractivity contribution in [3.8, 4) is 5.75 Å². The molecule has 2 atom stereocenters. The number of benzene rings is 1. The van der Waals surface area contributed by atoms with Gasteiger partial charge in [0.1, 0.15) is 5.75 Å². The molecule has 0 aliphatic heterocycles. The highest BCUT2D eigenvalue weighted by Gasteiger charge is 2.25. The summed E-state index contributed by atoms with van der Waals surface area (Å²) in [7, 11) is 0. The third-order valence-corrected chi connectivity index (χ3v) is 3.83. The molecule has 0 bridgehead atoms. The van der Waals surface area contributed by atoms with Crippen LogP contribution in [0, 0.1) is 5.92 Å². The van der Waals surface area contributed by atoms with Gasteiger partial charge in [0.05, 0.1) is 6.10 Å². The van der Waals surface area contributed by atoms with Crippen LogP contribution in [0.4, 0.5) is 0 Å². The highest BCUT2D eigenvalue weighted by molar-refractivity contribution is 5.32. The monoisotopic (exact) mass is 247 g/mol. The Morgan fingerprint density at radius 2 is 2.06 bits per heavy atom. The van der Waals surface area contributed by atoms with Gasteiger partial charge in [0, 0.05) is 0 Å². The third kappa shape index (κ3) is 3.26. The molecular formula is C16H25NO. The van der Waals surface area contributed by atoms with E-state index >= 15 is 0 Å². The van der Waals surface area contributed by atoms with Crippen LogP contribution in [0.1, 0.15) is 45.6 Å². The molecular weight excluding hydrogens is 222 g/mol. The predicted molar refractivity (Wildman–Crippen MR) is 76.0 cm³/mol. The fourth-order valence-electron chi connectivity index (χ4n) is 2.58. The molecule has 0 aromatic heterocycles. The van der Waals surface area contributed by atoms with E-state index < -0.39 is 0 Å². The molecule has 18 heavy (non-hydrogen) atoms. The molecule has 1 saturated carbocycles. The summed E-state index contributed by atoms with van der Waals surface area (Å²) in [6, 6.07) is 8.50. The van der Waals surface area contributed by atoms with E-state index in [9.17, 15) is 0 Å². The predicted octanol–water partition coefficient (Wildman–Crippen LogP) is 3.49. The number of hydrogen-bond donors (Lipinski definition) is 1. The van der Waals surface area contributed by atoms with Crippen LogP contribution in [-0.2, 0) is 5.41 Å². The van der Waals surface area contributed by atoms with E-state index in [0.29, 0.717) is 12.0 Å². The Hall–Kier alpha value is -1.02. The minimum absolute atomic E-state index is 0.175. The summed E-state index contributed by atoms with van der Waals surface area (Å²) in [4.78, 5) is 0. The van der Waals surface area contributed by atoms with Gasteiger partial charge >= 0.3 is 0 Å². The van der Waals surface area contributed by atoms with Crippen molar-refractivity contribution < 1.29 is 4.74 Å². The van der Waals surface area contributed by atoms with E-state index in [0.717, 1.165) is 25.1 Å². The van der Waals surface area contributed by atoms with E-state index in [-0.39, 0.29) is 5.41 Å². The zero-order valence-electron chi connectivity index (χ0n) is 11.8. The highest BCUT2D eigenvalue weighted by Crippen LogP contribution is 2.30. The lowest BCUT2D eigenvalue weighted by Crippen LogP contribution is -2.16. The van der Waals surface area contributed by atoms with Gasteiger partial charge in [-0.05, 0) is 54.8 Å². The van der Waals surface area contributed by atoms with Crippen molar-refractivity contribution in [3.63, 3.8) is 0 Å². The maximum Gasteiger partial charge on any atom is 0.120 e. The SMILES string of the molecule is CC(C)(C)c1cccc(OC2CCC(CN)C2)c1. The van der Waals surface area contributed by atoms with E-state index in [1.165, 1.54) is 12.0 Å². The quantitative estimate of drug-likeness (QED) is 0.887. The van der Waals surface area contributed by atoms with Gasteiger partial charge < -0.3 is 10.5 Å². The Morgan fingerprint density at radius 3 is 2.67 bits per heavy atom. The second kappa shape index (κ2) is 5.31. The lowest BCUT2D eigenvalue weighted by atomic mass is 9.87. The van der Waals surface area contributed by atoms with Crippen molar-refractivity contribution in [2.24, 2.45) is 11.7 Å². The molecule has 0 heterocycles. The molecule has 0 radical (unpaired) electrons. The van der Waals surface area contributed by atoms with Gasteiger partial charge in [-0.15, -0.1) is 0 Å². The van der Waals surface area contributed by atoms with E-state index in [2.05, 4.69) is 45.0 Å². The summed E-state index contributed by atoms with van der Waals surface area (Å²) in [5, 5.41) is 0. The van der Waals surface area contributed by atoms with E-state index in [1.807, 2.05) is 0 Å². The lowest BCUT2D eigenvalue weighted by molar-refractivity contribution is 0.204. The van der Waals surface area contributed by atoms with Crippen molar-refractivity contribution in [2.45, 2.75) is 51.6 Å². The zero-order valence-corrected chi connectivity index (χ0v) is 11.8. The lowest BCUT2D eigenvalue weighted by Gasteiger charge is -2.21. The maximum atomic E-state index is 6.09. The molecule has 1 fully saturated rings. The number of nitrogens with two attached hydrogens (primary N) is 1.